The van der Waals surface area contributed by atoms with Crippen LogP contribution in [0.25, 0.3) is 0 Å². The molecule has 1 aliphatic heterocycles. The Morgan fingerprint density at radius 3 is 2.28 bits per heavy atom. The fourth-order valence-electron chi connectivity index (χ4n) is 3.53. The van der Waals surface area contributed by atoms with Crippen molar-refractivity contribution in [1.82, 2.24) is 4.90 Å². The molecule has 1 atom stereocenters. The summed E-state index contributed by atoms with van der Waals surface area (Å²) in [6, 6.07) is 18.3. The maximum atomic E-state index is 13.2. The normalized spacial score (nSPS) is 18.3. The smallest absolute Gasteiger partial charge is 0.232 e. The van der Waals surface area contributed by atoms with Crippen molar-refractivity contribution in [3.63, 3.8) is 0 Å². The van der Waals surface area contributed by atoms with E-state index < -0.39 is 5.41 Å². The van der Waals surface area contributed by atoms with Gasteiger partial charge in [-0.15, -0.1) is 0 Å². The van der Waals surface area contributed by atoms with Gasteiger partial charge < -0.3 is 9.80 Å². The summed E-state index contributed by atoms with van der Waals surface area (Å²) < 4.78 is 0. The molecule has 0 saturated carbocycles. The second-order valence-electron chi connectivity index (χ2n) is 7.26. The molecular formula is C21H25ClN2O. The summed E-state index contributed by atoms with van der Waals surface area (Å²) in [7, 11) is 0. The molecule has 1 unspecified atom stereocenters. The summed E-state index contributed by atoms with van der Waals surface area (Å²) in [5.74, 6) is 0.175. The molecule has 1 fully saturated rings. The third-order valence-corrected chi connectivity index (χ3v) is 5.36. The molecule has 4 heteroatoms. The van der Waals surface area contributed by atoms with Crippen LogP contribution in [0.5, 0.6) is 0 Å². The van der Waals surface area contributed by atoms with Gasteiger partial charge in [-0.2, -0.15) is 0 Å². The Morgan fingerprint density at radius 1 is 1.04 bits per heavy atom. The minimum atomic E-state index is -0.556. The van der Waals surface area contributed by atoms with E-state index in [-0.39, 0.29) is 5.91 Å². The zero-order chi connectivity index (χ0) is 18.0. The fourth-order valence-corrected chi connectivity index (χ4v) is 3.66. The summed E-state index contributed by atoms with van der Waals surface area (Å²) in [5.41, 5.74) is 1.67. The number of piperazine rings is 1. The fraction of sp³-hybridized carbons (Fsp3) is 0.381. The largest absolute Gasteiger partial charge is 0.365 e. The van der Waals surface area contributed by atoms with Gasteiger partial charge in [0.15, 0.2) is 0 Å². The van der Waals surface area contributed by atoms with Gasteiger partial charge in [-0.3, -0.25) is 4.79 Å². The Morgan fingerprint density at radius 2 is 1.68 bits per heavy atom. The first-order valence-corrected chi connectivity index (χ1v) is 9.14. The van der Waals surface area contributed by atoms with E-state index in [1.54, 1.807) is 0 Å². The molecule has 132 valence electrons. The van der Waals surface area contributed by atoms with Crippen LogP contribution in [-0.4, -0.2) is 36.5 Å². The van der Waals surface area contributed by atoms with E-state index in [0.29, 0.717) is 11.1 Å². The number of carbonyl (C=O) groups excluding carboxylic acids is 1. The quantitative estimate of drug-likeness (QED) is 0.816. The lowest BCUT2D eigenvalue weighted by Crippen LogP contribution is -2.57. The van der Waals surface area contributed by atoms with Crippen molar-refractivity contribution in [1.29, 1.82) is 0 Å². The highest BCUT2D eigenvalue weighted by molar-refractivity contribution is 6.30. The van der Waals surface area contributed by atoms with Crippen LogP contribution in [0, 0.1) is 0 Å². The van der Waals surface area contributed by atoms with E-state index in [2.05, 4.69) is 36.1 Å². The molecule has 3 nitrogen and oxygen atoms in total. The molecule has 2 aromatic rings. The van der Waals surface area contributed by atoms with Crippen molar-refractivity contribution in [2.75, 3.05) is 24.5 Å². The van der Waals surface area contributed by atoms with Gasteiger partial charge in [0.1, 0.15) is 0 Å². The number of benzene rings is 2. The van der Waals surface area contributed by atoms with Crippen molar-refractivity contribution < 1.29 is 4.79 Å². The lowest BCUT2D eigenvalue weighted by Gasteiger charge is -2.43. The maximum absolute atomic E-state index is 13.2. The van der Waals surface area contributed by atoms with Gasteiger partial charge in [-0.05, 0) is 50.6 Å². The lowest BCUT2D eigenvalue weighted by atomic mass is 9.83. The molecule has 1 saturated heterocycles. The Hall–Kier alpha value is -2.00. The molecule has 1 heterocycles. The molecule has 0 aliphatic carbocycles. The number of amides is 1. The predicted octanol–water partition coefficient (Wildman–Crippen LogP) is 4.35. The van der Waals surface area contributed by atoms with Gasteiger partial charge in [0.2, 0.25) is 5.91 Å². The van der Waals surface area contributed by atoms with Crippen LogP contribution in [0.4, 0.5) is 5.69 Å². The topological polar surface area (TPSA) is 23.6 Å². The van der Waals surface area contributed by atoms with Gasteiger partial charge >= 0.3 is 0 Å². The van der Waals surface area contributed by atoms with Crippen molar-refractivity contribution in [2.24, 2.45) is 0 Å². The average molecular weight is 357 g/mol. The SMILES string of the molecule is CC1CN(C(=O)C(C)(C)c2ccc(Cl)cc2)CCN1c1ccccc1. The van der Waals surface area contributed by atoms with Gasteiger partial charge in [-0.25, -0.2) is 0 Å². The highest BCUT2D eigenvalue weighted by atomic mass is 35.5. The van der Waals surface area contributed by atoms with Crippen LogP contribution in [-0.2, 0) is 10.2 Å². The minimum absolute atomic E-state index is 0.175. The number of nitrogens with zero attached hydrogens (tertiary/aromatic N) is 2. The van der Waals surface area contributed by atoms with Crippen molar-refractivity contribution in [3.05, 3.63) is 65.2 Å². The first kappa shape index (κ1) is 17.8. The summed E-state index contributed by atoms with van der Waals surface area (Å²) in [4.78, 5) is 17.5. The third-order valence-electron chi connectivity index (χ3n) is 5.10. The number of anilines is 1. The molecule has 1 aliphatic rings. The molecule has 25 heavy (non-hydrogen) atoms. The zero-order valence-corrected chi connectivity index (χ0v) is 15.8. The summed E-state index contributed by atoms with van der Waals surface area (Å²) >= 11 is 5.98. The van der Waals surface area contributed by atoms with Crippen molar-refractivity contribution in [2.45, 2.75) is 32.2 Å². The first-order chi connectivity index (χ1) is 11.9. The lowest BCUT2D eigenvalue weighted by molar-refractivity contribution is -0.137. The molecule has 0 spiro atoms. The summed E-state index contributed by atoms with van der Waals surface area (Å²) in [6.07, 6.45) is 0. The van der Waals surface area contributed by atoms with E-state index in [1.165, 1.54) is 5.69 Å². The van der Waals surface area contributed by atoms with Crippen LogP contribution in [0.3, 0.4) is 0 Å². The van der Waals surface area contributed by atoms with Crippen LogP contribution in [0.1, 0.15) is 26.3 Å². The molecule has 0 N–H and O–H groups in total. The van der Waals surface area contributed by atoms with E-state index in [4.69, 9.17) is 11.6 Å². The standard InChI is InChI=1S/C21H25ClN2O/c1-16-15-23(13-14-24(16)19-7-5-4-6-8-19)20(25)21(2,3)17-9-11-18(22)12-10-17/h4-12,16H,13-15H2,1-3H3. The Kier molecular flexibility index (Phi) is 5.05. The van der Waals surface area contributed by atoms with E-state index in [9.17, 15) is 4.79 Å². The maximum Gasteiger partial charge on any atom is 0.232 e. The van der Waals surface area contributed by atoms with E-state index >= 15 is 0 Å². The van der Waals surface area contributed by atoms with Gasteiger partial charge in [0.05, 0.1) is 5.41 Å². The first-order valence-electron chi connectivity index (χ1n) is 8.76. The molecule has 0 bridgehead atoms. The van der Waals surface area contributed by atoms with Crippen LogP contribution in [0.2, 0.25) is 5.02 Å². The predicted molar refractivity (Wildman–Crippen MR) is 104 cm³/mol. The number of hydrogen-bond donors (Lipinski definition) is 0. The van der Waals surface area contributed by atoms with Crippen LogP contribution < -0.4 is 4.90 Å². The number of halogens is 1. The second-order valence-corrected chi connectivity index (χ2v) is 7.70. The minimum Gasteiger partial charge on any atom is -0.365 e. The monoisotopic (exact) mass is 356 g/mol. The summed E-state index contributed by atoms with van der Waals surface area (Å²) in [5, 5.41) is 0.692. The van der Waals surface area contributed by atoms with Crippen LogP contribution in [0.15, 0.2) is 54.6 Å². The number of hydrogen-bond acceptors (Lipinski definition) is 2. The Balaban J connectivity index is 1.73. The molecule has 1 amide bonds. The average Bonchev–Trinajstić information content (AvgIpc) is 2.62. The highest BCUT2D eigenvalue weighted by Gasteiger charge is 2.36. The zero-order valence-electron chi connectivity index (χ0n) is 15.1. The van der Waals surface area contributed by atoms with Crippen molar-refractivity contribution >= 4 is 23.2 Å². The second kappa shape index (κ2) is 7.09. The van der Waals surface area contributed by atoms with E-state index in [1.807, 2.05) is 49.1 Å². The Bertz CT molecular complexity index is 727. The molecule has 0 radical (unpaired) electrons. The van der Waals surface area contributed by atoms with Gasteiger partial charge in [-0.1, -0.05) is 41.9 Å². The van der Waals surface area contributed by atoms with Gasteiger partial charge in [0, 0.05) is 36.4 Å². The molecular weight excluding hydrogens is 332 g/mol. The number of para-hydroxylation sites is 1. The molecule has 3 rings (SSSR count). The summed E-state index contributed by atoms with van der Waals surface area (Å²) in [6.45, 7) is 8.51. The van der Waals surface area contributed by atoms with E-state index in [0.717, 1.165) is 25.2 Å². The van der Waals surface area contributed by atoms with Crippen LogP contribution >= 0.6 is 11.6 Å². The highest BCUT2D eigenvalue weighted by Crippen LogP contribution is 2.29. The molecule has 0 aromatic heterocycles. The number of rotatable bonds is 3. The Labute approximate surface area is 155 Å². The van der Waals surface area contributed by atoms with Gasteiger partial charge in [0.25, 0.3) is 0 Å². The van der Waals surface area contributed by atoms with Crippen molar-refractivity contribution in [3.8, 4) is 0 Å². The molecule has 2 aromatic carbocycles. The number of carbonyl (C=O) groups is 1. The third kappa shape index (κ3) is 3.67.